The van der Waals surface area contributed by atoms with E-state index in [0.717, 1.165) is 4.88 Å². The van der Waals surface area contributed by atoms with Crippen molar-refractivity contribution in [3.05, 3.63) is 65.0 Å². The summed E-state index contributed by atoms with van der Waals surface area (Å²) in [4.78, 5) is 6.44. The van der Waals surface area contributed by atoms with Crippen LogP contribution in [0, 0.1) is 0 Å². The molecule has 0 fully saturated rings. The van der Waals surface area contributed by atoms with Crippen LogP contribution in [0.25, 0.3) is 10.1 Å². The lowest BCUT2D eigenvalue weighted by Gasteiger charge is -2.14. The van der Waals surface area contributed by atoms with Gasteiger partial charge in [0.15, 0.2) is 5.96 Å². The fourth-order valence-corrected chi connectivity index (χ4v) is 4.07. The molecule has 136 valence electrons. The Hall–Kier alpha value is -2.02. The maximum atomic E-state index is 10.5. The topological polar surface area (TPSA) is 56.7 Å². The van der Waals surface area contributed by atoms with Crippen LogP contribution in [0.5, 0.6) is 0 Å². The van der Waals surface area contributed by atoms with Gasteiger partial charge in [0.25, 0.3) is 0 Å². The highest BCUT2D eigenvalue weighted by Crippen LogP contribution is 2.29. The molecule has 0 saturated heterocycles. The van der Waals surface area contributed by atoms with Gasteiger partial charge in [-0.3, -0.25) is 4.99 Å². The first kappa shape index (κ1) is 18.8. The molecule has 0 radical (unpaired) electrons. The van der Waals surface area contributed by atoms with Crippen molar-refractivity contribution < 1.29 is 5.11 Å². The maximum Gasteiger partial charge on any atom is 0.191 e. The first-order chi connectivity index (χ1) is 12.7. The number of hydrogen-bond donors (Lipinski definition) is 3. The predicted octanol–water partition coefficient (Wildman–Crippen LogP) is 4.02. The third-order valence-corrected chi connectivity index (χ3v) is 6.04. The highest BCUT2D eigenvalue weighted by molar-refractivity contribution is 7.98. The van der Waals surface area contributed by atoms with Crippen molar-refractivity contribution in [3.8, 4) is 0 Å². The second kappa shape index (κ2) is 9.07. The first-order valence-electron chi connectivity index (χ1n) is 8.43. The summed E-state index contributed by atoms with van der Waals surface area (Å²) in [7, 11) is 1.73. The lowest BCUT2D eigenvalue weighted by atomic mass is 10.2. The lowest BCUT2D eigenvalue weighted by Crippen LogP contribution is -2.38. The molecule has 0 spiro atoms. The third kappa shape index (κ3) is 4.78. The van der Waals surface area contributed by atoms with E-state index in [2.05, 4.69) is 64.3 Å². The zero-order chi connectivity index (χ0) is 18.4. The molecule has 0 aliphatic heterocycles. The number of nitrogens with zero attached hydrogens (tertiary/aromatic N) is 1. The Morgan fingerprint density at radius 2 is 1.92 bits per heavy atom. The van der Waals surface area contributed by atoms with E-state index in [0.29, 0.717) is 19.0 Å². The molecule has 1 atom stereocenters. The fraction of sp³-hybridized carbons (Fsp3) is 0.250. The molecule has 26 heavy (non-hydrogen) atoms. The number of thiophene rings is 1. The Labute approximate surface area is 162 Å². The molecule has 2 aromatic carbocycles. The first-order valence-corrected chi connectivity index (χ1v) is 10.5. The Morgan fingerprint density at radius 3 is 2.62 bits per heavy atom. The number of hydrogen-bond acceptors (Lipinski definition) is 4. The number of guanidine groups is 1. The van der Waals surface area contributed by atoms with Gasteiger partial charge in [-0.1, -0.05) is 30.3 Å². The van der Waals surface area contributed by atoms with Crippen molar-refractivity contribution in [3.63, 3.8) is 0 Å². The fourth-order valence-electron chi connectivity index (χ4n) is 2.61. The van der Waals surface area contributed by atoms with Crippen molar-refractivity contribution >= 4 is 39.1 Å². The van der Waals surface area contributed by atoms with E-state index in [4.69, 9.17) is 0 Å². The molecule has 1 aromatic heterocycles. The van der Waals surface area contributed by atoms with Crippen LogP contribution in [-0.4, -0.2) is 30.9 Å². The summed E-state index contributed by atoms with van der Waals surface area (Å²) in [6, 6.07) is 18.7. The highest BCUT2D eigenvalue weighted by atomic mass is 32.2. The molecule has 3 aromatic rings. The van der Waals surface area contributed by atoms with Crippen LogP contribution in [0.3, 0.4) is 0 Å². The van der Waals surface area contributed by atoms with E-state index < -0.39 is 6.10 Å². The Bertz CT molecular complexity index is 841. The average molecular weight is 386 g/mol. The zero-order valence-electron chi connectivity index (χ0n) is 14.9. The summed E-state index contributed by atoms with van der Waals surface area (Å²) in [5, 5.41) is 18.1. The number of thioether (sulfide) groups is 1. The van der Waals surface area contributed by atoms with Crippen LogP contribution in [0.1, 0.15) is 16.5 Å². The molecule has 0 amide bonds. The number of nitrogens with one attached hydrogen (secondary N) is 2. The number of fused-ring (bicyclic) bond motifs is 1. The van der Waals surface area contributed by atoms with E-state index in [9.17, 15) is 5.11 Å². The van der Waals surface area contributed by atoms with Gasteiger partial charge in [-0.05, 0) is 41.5 Å². The van der Waals surface area contributed by atoms with E-state index in [1.165, 1.54) is 20.5 Å². The van der Waals surface area contributed by atoms with Crippen LogP contribution in [-0.2, 0) is 6.54 Å². The van der Waals surface area contributed by atoms with Gasteiger partial charge in [0.05, 0.1) is 0 Å². The van der Waals surface area contributed by atoms with Crippen LogP contribution >= 0.6 is 23.1 Å². The van der Waals surface area contributed by atoms with Gasteiger partial charge in [0.2, 0.25) is 0 Å². The third-order valence-electron chi connectivity index (χ3n) is 4.08. The van der Waals surface area contributed by atoms with Crippen molar-refractivity contribution in [1.82, 2.24) is 10.6 Å². The van der Waals surface area contributed by atoms with Gasteiger partial charge in [-0.2, -0.15) is 0 Å². The summed E-state index contributed by atoms with van der Waals surface area (Å²) < 4.78 is 1.19. The largest absolute Gasteiger partial charge is 0.386 e. The molecule has 4 nitrogen and oxygen atoms in total. The van der Waals surface area contributed by atoms with E-state index in [1.54, 1.807) is 30.1 Å². The SMILES string of the molecule is CN=C(NCc1ccc(SC)cc1)NCC(O)c1cc2ccccc2s1. The van der Waals surface area contributed by atoms with Crippen LogP contribution < -0.4 is 10.6 Å². The van der Waals surface area contributed by atoms with Crippen molar-refractivity contribution in [1.29, 1.82) is 0 Å². The molecule has 0 bridgehead atoms. The monoisotopic (exact) mass is 385 g/mol. The van der Waals surface area contributed by atoms with Crippen LogP contribution in [0.4, 0.5) is 0 Å². The Kier molecular flexibility index (Phi) is 6.55. The molecule has 3 N–H and O–H groups in total. The molecular formula is C20H23N3OS2. The molecule has 1 heterocycles. The normalized spacial score (nSPS) is 13.0. The summed E-state index contributed by atoms with van der Waals surface area (Å²) in [6.07, 6.45) is 1.51. The van der Waals surface area contributed by atoms with Gasteiger partial charge in [0, 0.05) is 34.6 Å². The lowest BCUT2D eigenvalue weighted by molar-refractivity contribution is 0.184. The number of aliphatic hydroxyl groups is 1. The van der Waals surface area contributed by atoms with Gasteiger partial charge in [-0.25, -0.2) is 0 Å². The highest BCUT2D eigenvalue weighted by Gasteiger charge is 2.12. The van der Waals surface area contributed by atoms with Gasteiger partial charge >= 0.3 is 0 Å². The van der Waals surface area contributed by atoms with Gasteiger partial charge < -0.3 is 15.7 Å². The van der Waals surface area contributed by atoms with Crippen molar-refractivity contribution in [2.45, 2.75) is 17.5 Å². The van der Waals surface area contributed by atoms with Crippen LogP contribution in [0.2, 0.25) is 0 Å². The predicted molar refractivity (Wildman–Crippen MR) is 113 cm³/mol. The van der Waals surface area contributed by atoms with Gasteiger partial charge in [-0.15, -0.1) is 23.1 Å². The Morgan fingerprint density at radius 1 is 1.15 bits per heavy atom. The van der Waals surface area contributed by atoms with Crippen molar-refractivity contribution in [2.75, 3.05) is 19.8 Å². The second-order valence-corrected chi connectivity index (χ2v) is 7.85. The minimum Gasteiger partial charge on any atom is -0.386 e. The summed E-state index contributed by atoms with van der Waals surface area (Å²) >= 11 is 3.36. The number of aliphatic hydroxyl groups excluding tert-OH is 1. The van der Waals surface area contributed by atoms with Crippen molar-refractivity contribution in [2.24, 2.45) is 4.99 Å². The second-order valence-electron chi connectivity index (χ2n) is 5.86. The molecule has 1 unspecified atom stereocenters. The Balaban J connectivity index is 1.52. The number of aliphatic imine (C=N–C) groups is 1. The molecule has 3 rings (SSSR count). The average Bonchev–Trinajstić information content (AvgIpc) is 3.12. The standard InChI is InChI=1S/C20H23N3OS2/c1-21-20(22-12-14-7-9-16(25-2)10-8-14)23-13-17(24)19-11-15-5-3-4-6-18(15)26-19/h3-11,17,24H,12-13H2,1-2H3,(H2,21,22,23). The quantitative estimate of drug-likeness (QED) is 0.341. The minimum absolute atomic E-state index is 0.415. The number of rotatable bonds is 6. The van der Waals surface area contributed by atoms with Crippen LogP contribution in [0.15, 0.2) is 64.5 Å². The smallest absolute Gasteiger partial charge is 0.191 e. The summed E-state index contributed by atoms with van der Waals surface area (Å²) in [6.45, 7) is 1.10. The molecule has 0 saturated carbocycles. The molecule has 0 aliphatic rings. The minimum atomic E-state index is -0.563. The van der Waals surface area contributed by atoms with E-state index in [-0.39, 0.29) is 0 Å². The molecular weight excluding hydrogens is 362 g/mol. The summed E-state index contributed by atoms with van der Waals surface area (Å²) in [5.41, 5.74) is 1.19. The van der Waals surface area contributed by atoms with E-state index in [1.807, 2.05) is 12.1 Å². The van der Waals surface area contributed by atoms with Gasteiger partial charge in [0.1, 0.15) is 6.10 Å². The molecule has 6 heteroatoms. The zero-order valence-corrected chi connectivity index (χ0v) is 16.5. The maximum absolute atomic E-state index is 10.5. The van der Waals surface area contributed by atoms with E-state index >= 15 is 0 Å². The summed E-state index contributed by atoms with van der Waals surface area (Å²) in [5.74, 6) is 0.680. The molecule has 0 aliphatic carbocycles. The number of benzene rings is 2.